The Morgan fingerprint density at radius 2 is 1.04 bits per heavy atom. The molecule has 0 aromatic heterocycles. The Morgan fingerprint density at radius 1 is 0.692 bits per heavy atom. The molecule has 0 radical (unpaired) electrons. The van der Waals surface area contributed by atoms with Gasteiger partial charge >= 0.3 is 0 Å². The summed E-state index contributed by atoms with van der Waals surface area (Å²) in [5, 5.41) is 5.77. The molecular weight excluding hydrogens is 364 g/mol. The van der Waals surface area contributed by atoms with Gasteiger partial charge in [0.05, 0.1) is 0 Å². The maximum absolute atomic E-state index is 11.6. The topological polar surface area (TPSA) is 58.2 Å². The lowest BCUT2D eigenvalue weighted by molar-refractivity contribution is -0.117. The highest BCUT2D eigenvalue weighted by atomic mass is 33.1. The normalized spacial score (nSPS) is 10.4. The van der Waals surface area contributed by atoms with Gasteiger partial charge < -0.3 is 10.6 Å². The van der Waals surface area contributed by atoms with E-state index in [2.05, 4.69) is 10.6 Å². The van der Waals surface area contributed by atoms with Crippen molar-refractivity contribution in [3.63, 3.8) is 0 Å². The van der Waals surface area contributed by atoms with Gasteiger partial charge in [-0.25, -0.2) is 0 Å². The van der Waals surface area contributed by atoms with Crippen LogP contribution in [0.25, 0.3) is 0 Å². The highest BCUT2D eigenvalue weighted by molar-refractivity contribution is 8.76. The van der Waals surface area contributed by atoms with Crippen molar-refractivity contribution in [2.75, 3.05) is 10.6 Å². The zero-order valence-electron chi connectivity index (χ0n) is 15.1. The molecule has 0 saturated carbocycles. The molecule has 0 bridgehead atoms. The molecule has 2 rings (SSSR count). The van der Waals surface area contributed by atoms with E-state index in [1.165, 1.54) is 0 Å². The fourth-order valence-corrected chi connectivity index (χ4v) is 4.12. The standard InChI is InChI=1S/C20H24N2O2S2/c1-3-5-19(23)21-15-7-11-17(12-8-15)25-26-18-13-9-16(10-14-18)22-20(24)6-4-2/h7-14H,3-6H2,1-2H3,(H,21,23)(H,22,24). The van der Waals surface area contributed by atoms with Gasteiger partial charge in [0.15, 0.2) is 0 Å². The first-order chi connectivity index (χ1) is 12.6. The number of carbonyl (C=O) groups excluding carboxylic acids is 2. The van der Waals surface area contributed by atoms with Gasteiger partial charge in [-0.3, -0.25) is 9.59 Å². The molecule has 0 saturated heterocycles. The Labute approximate surface area is 162 Å². The van der Waals surface area contributed by atoms with Crippen LogP contribution >= 0.6 is 21.6 Å². The molecule has 2 N–H and O–H groups in total. The molecule has 0 aliphatic rings. The lowest BCUT2D eigenvalue weighted by Crippen LogP contribution is -2.10. The lowest BCUT2D eigenvalue weighted by atomic mass is 10.3. The summed E-state index contributed by atoms with van der Waals surface area (Å²) in [6.45, 7) is 3.98. The Hall–Kier alpha value is -1.92. The van der Waals surface area contributed by atoms with Gasteiger partial charge in [-0.2, -0.15) is 0 Å². The first-order valence-corrected chi connectivity index (χ1v) is 10.9. The minimum absolute atomic E-state index is 0.0494. The summed E-state index contributed by atoms with van der Waals surface area (Å²) in [5.41, 5.74) is 1.65. The van der Waals surface area contributed by atoms with Crippen LogP contribution in [0.1, 0.15) is 39.5 Å². The lowest BCUT2D eigenvalue weighted by Gasteiger charge is -2.07. The van der Waals surface area contributed by atoms with E-state index in [0.717, 1.165) is 34.0 Å². The van der Waals surface area contributed by atoms with Crippen LogP contribution in [0.15, 0.2) is 58.3 Å². The fraction of sp³-hybridized carbons (Fsp3) is 0.300. The van der Waals surface area contributed by atoms with Gasteiger partial charge in [0, 0.05) is 34.0 Å². The van der Waals surface area contributed by atoms with Crippen LogP contribution in [0.3, 0.4) is 0 Å². The molecule has 138 valence electrons. The molecule has 0 atom stereocenters. The van der Waals surface area contributed by atoms with E-state index < -0.39 is 0 Å². The summed E-state index contributed by atoms with van der Waals surface area (Å²) in [6.07, 6.45) is 2.78. The zero-order chi connectivity index (χ0) is 18.8. The quantitative estimate of drug-likeness (QED) is 0.520. The predicted octanol–water partition coefficient (Wildman–Crippen LogP) is 5.96. The summed E-state index contributed by atoms with van der Waals surface area (Å²) in [7, 11) is 3.31. The van der Waals surface area contributed by atoms with Crippen LogP contribution in [-0.4, -0.2) is 11.8 Å². The number of hydrogen-bond donors (Lipinski definition) is 2. The molecular formula is C20H24N2O2S2. The van der Waals surface area contributed by atoms with Crippen molar-refractivity contribution < 1.29 is 9.59 Å². The van der Waals surface area contributed by atoms with Gasteiger partial charge in [-0.05, 0) is 61.4 Å². The van der Waals surface area contributed by atoms with Crippen molar-refractivity contribution in [1.82, 2.24) is 0 Å². The maximum Gasteiger partial charge on any atom is 0.224 e. The first kappa shape index (κ1) is 20.4. The Kier molecular flexibility index (Phi) is 8.58. The molecule has 2 amide bonds. The smallest absolute Gasteiger partial charge is 0.224 e. The van der Waals surface area contributed by atoms with Gasteiger partial charge in [0.25, 0.3) is 0 Å². The Balaban J connectivity index is 1.82. The van der Waals surface area contributed by atoms with Gasteiger partial charge in [-0.15, -0.1) is 0 Å². The van der Waals surface area contributed by atoms with E-state index in [0.29, 0.717) is 12.8 Å². The van der Waals surface area contributed by atoms with Crippen LogP contribution in [0, 0.1) is 0 Å². The highest BCUT2D eigenvalue weighted by Crippen LogP contribution is 2.38. The van der Waals surface area contributed by atoms with E-state index in [-0.39, 0.29) is 11.8 Å². The second-order valence-electron chi connectivity index (χ2n) is 5.81. The van der Waals surface area contributed by atoms with Gasteiger partial charge in [0.1, 0.15) is 0 Å². The largest absolute Gasteiger partial charge is 0.326 e. The summed E-state index contributed by atoms with van der Waals surface area (Å²) >= 11 is 0. The van der Waals surface area contributed by atoms with Crippen molar-refractivity contribution in [3.8, 4) is 0 Å². The van der Waals surface area contributed by atoms with Crippen molar-refractivity contribution in [1.29, 1.82) is 0 Å². The summed E-state index contributed by atoms with van der Waals surface area (Å²) in [4.78, 5) is 25.4. The highest BCUT2D eigenvalue weighted by Gasteiger charge is 2.03. The van der Waals surface area contributed by atoms with Crippen LogP contribution < -0.4 is 10.6 Å². The molecule has 0 unspecified atom stereocenters. The summed E-state index contributed by atoms with van der Waals surface area (Å²) < 4.78 is 0. The van der Waals surface area contributed by atoms with Crippen molar-refractivity contribution in [2.45, 2.75) is 49.3 Å². The molecule has 0 fully saturated rings. The van der Waals surface area contributed by atoms with Crippen LogP contribution in [-0.2, 0) is 9.59 Å². The van der Waals surface area contributed by atoms with E-state index in [1.807, 2.05) is 62.4 Å². The zero-order valence-corrected chi connectivity index (χ0v) is 16.7. The summed E-state index contributed by atoms with van der Waals surface area (Å²) in [5.74, 6) is 0.0989. The van der Waals surface area contributed by atoms with Crippen LogP contribution in [0.5, 0.6) is 0 Å². The molecule has 4 nitrogen and oxygen atoms in total. The van der Waals surface area contributed by atoms with E-state index >= 15 is 0 Å². The fourth-order valence-electron chi connectivity index (χ4n) is 2.18. The molecule has 26 heavy (non-hydrogen) atoms. The predicted molar refractivity (Wildman–Crippen MR) is 112 cm³/mol. The SMILES string of the molecule is CCCC(=O)Nc1ccc(SSc2ccc(NC(=O)CCC)cc2)cc1. The third kappa shape index (κ3) is 7.14. The van der Waals surface area contributed by atoms with E-state index in [9.17, 15) is 9.59 Å². The minimum Gasteiger partial charge on any atom is -0.326 e. The number of nitrogens with one attached hydrogen (secondary N) is 2. The first-order valence-electron chi connectivity index (χ1n) is 8.75. The van der Waals surface area contributed by atoms with Crippen LogP contribution in [0.4, 0.5) is 11.4 Å². The number of hydrogen-bond acceptors (Lipinski definition) is 4. The van der Waals surface area contributed by atoms with Crippen LogP contribution in [0.2, 0.25) is 0 Å². The molecule has 2 aromatic rings. The van der Waals surface area contributed by atoms with Gasteiger partial charge in [-0.1, -0.05) is 35.4 Å². The second kappa shape index (κ2) is 10.9. The minimum atomic E-state index is 0.0494. The average molecular weight is 389 g/mol. The summed E-state index contributed by atoms with van der Waals surface area (Å²) in [6, 6.07) is 15.7. The average Bonchev–Trinajstić information content (AvgIpc) is 2.63. The molecule has 2 aromatic carbocycles. The van der Waals surface area contributed by atoms with E-state index in [4.69, 9.17) is 0 Å². The number of rotatable bonds is 9. The molecule has 0 aliphatic carbocycles. The molecule has 6 heteroatoms. The van der Waals surface area contributed by atoms with Crippen molar-refractivity contribution in [3.05, 3.63) is 48.5 Å². The number of anilines is 2. The van der Waals surface area contributed by atoms with Gasteiger partial charge in [0.2, 0.25) is 11.8 Å². The third-order valence-electron chi connectivity index (χ3n) is 3.46. The monoisotopic (exact) mass is 388 g/mol. The van der Waals surface area contributed by atoms with Crippen molar-refractivity contribution in [2.24, 2.45) is 0 Å². The molecule has 0 aliphatic heterocycles. The Bertz CT molecular complexity index is 652. The third-order valence-corrected chi connectivity index (χ3v) is 5.88. The number of benzene rings is 2. The number of carbonyl (C=O) groups is 2. The number of amides is 2. The van der Waals surface area contributed by atoms with Crippen molar-refractivity contribution >= 4 is 44.8 Å². The van der Waals surface area contributed by atoms with E-state index in [1.54, 1.807) is 21.6 Å². The molecule has 0 heterocycles. The Morgan fingerprint density at radius 3 is 1.35 bits per heavy atom. The second-order valence-corrected chi connectivity index (χ2v) is 8.09. The molecule has 0 spiro atoms. The maximum atomic E-state index is 11.6.